The van der Waals surface area contributed by atoms with Crippen molar-refractivity contribution >= 4 is 16.1 Å². The van der Waals surface area contributed by atoms with Crippen LogP contribution >= 0.6 is 0 Å². The van der Waals surface area contributed by atoms with Crippen molar-refractivity contribution in [3.63, 3.8) is 0 Å². The van der Waals surface area contributed by atoms with Crippen LogP contribution in [0.5, 0.6) is 5.88 Å². The molecule has 0 amide bonds. The van der Waals surface area contributed by atoms with Gasteiger partial charge in [-0.25, -0.2) is 22.2 Å². The van der Waals surface area contributed by atoms with Crippen molar-refractivity contribution in [2.45, 2.75) is 6.04 Å². The van der Waals surface area contributed by atoms with Gasteiger partial charge in [0.25, 0.3) is 5.56 Å². The fourth-order valence-electron chi connectivity index (χ4n) is 2.31. The number of aliphatic imine (C=N–C) groups is 1. The Morgan fingerprint density at radius 2 is 1.96 bits per heavy atom. The normalized spacial score (nSPS) is 18.8. The van der Waals surface area contributed by atoms with Gasteiger partial charge in [0.2, 0.25) is 5.88 Å². The van der Waals surface area contributed by atoms with Gasteiger partial charge in [-0.15, -0.1) is 0 Å². The summed E-state index contributed by atoms with van der Waals surface area (Å²) < 4.78 is 36.5. The van der Waals surface area contributed by atoms with E-state index >= 15 is 0 Å². The van der Waals surface area contributed by atoms with Crippen LogP contribution in [0, 0.1) is 5.82 Å². The molecule has 0 spiro atoms. The zero-order valence-electron chi connectivity index (χ0n) is 12.6. The van der Waals surface area contributed by atoms with E-state index in [1.54, 1.807) is 0 Å². The average Bonchev–Trinajstić information content (AvgIpc) is 2.88. The first-order chi connectivity index (χ1) is 11.8. The van der Waals surface area contributed by atoms with Crippen LogP contribution in [0.3, 0.4) is 0 Å². The summed E-state index contributed by atoms with van der Waals surface area (Å²) in [6, 6.07) is 4.00. The molecule has 25 heavy (non-hydrogen) atoms. The molecule has 10 heteroatoms. The van der Waals surface area contributed by atoms with Gasteiger partial charge in [-0.05, 0) is 30.3 Å². The van der Waals surface area contributed by atoms with E-state index in [-0.39, 0.29) is 17.0 Å². The number of H-pyrrole nitrogens is 1. The number of nitrogens with zero attached hydrogens (tertiary/aromatic N) is 2. The number of rotatable bonds is 3. The first-order valence-electron chi connectivity index (χ1n) is 7.05. The maximum Gasteiger partial charge on any atom is 0.335 e. The van der Waals surface area contributed by atoms with Crippen molar-refractivity contribution in [3.05, 3.63) is 68.0 Å². The van der Waals surface area contributed by atoms with Gasteiger partial charge in [-0.1, -0.05) is 0 Å². The molecule has 2 N–H and O–H groups in total. The standard InChI is InChI=1S/C15H12FN3O5S/c16-9-1-3-11(4-2-9)19-14(21)12(13(20)18-15(19)22)7-17-10-5-6-25(23,24)8-10/h1-7,10,21H,8H2,(H,18,20,22)/t10-/m1/s1. The smallest absolute Gasteiger partial charge is 0.335 e. The van der Waals surface area contributed by atoms with Gasteiger partial charge in [0.05, 0.1) is 17.5 Å². The van der Waals surface area contributed by atoms with Crippen LogP contribution in [0.15, 0.2) is 50.3 Å². The molecule has 0 saturated carbocycles. The number of hydrogen-bond donors (Lipinski definition) is 2. The molecule has 1 aromatic heterocycles. The van der Waals surface area contributed by atoms with Gasteiger partial charge in [0.1, 0.15) is 11.4 Å². The van der Waals surface area contributed by atoms with Crippen molar-refractivity contribution < 1.29 is 17.9 Å². The van der Waals surface area contributed by atoms with E-state index in [0.717, 1.165) is 28.3 Å². The Morgan fingerprint density at radius 1 is 1.28 bits per heavy atom. The molecule has 1 aliphatic rings. The van der Waals surface area contributed by atoms with Crippen molar-refractivity contribution in [2.75, 3.05) is 5.75 Å². The van der Waals surface area contributed by atoms with Crippen LogP contribution in [0.4, 0.5) is 4.39 Å². The third kappa shape index (κ3) is 3.43. The summed E-state index contributed by atoms with van der Waals surface area (Å²) in [6.45, 7) is 0. The minimum Gasteiger partial charge on any atom is -0.493 e. The Kier molecular flexibility index (Phi) is 4.13. The molecule has 1 aromatic carbocycles. The Balaban J connectivity index is 2.05. The predicted octanol–water partition coefficient (Wildman–Crippen LogP) is 0.100. The quantitative estimate of drug-likeness (QED) is 0.747. The number of hydrogen-bond acceptors (Lipinski definition) is 6. The average molecular weight is 365 g/mol. The van der Waals surface area contributed by atoms with E-state index in [9.17, 15) is 27.5 Å². The van der Waals surface area contributed by atoms with Gasteiger partial charge >= 0.3 is 5.69 Å². The van der Waals surface area contributed by atoms with E-state index in [4.69, 9.17) is 0 Å². The molecule has 1 atom stereocenters. The van der Waals surface area contributed by atoms with Crippen LogP contribution in [-0.2, 0) is 9.84 Å². The molecule has 2 aromatic rings. The van der Waals surface area contributed by atoms with Gasteiger partial charge in [0, 0.05) is 11.6 Å². The molecule has 0 radical (unpaired) electrons. The van der Waals surface area contributed by atoms with E-state index < -0.39 is 38.8 Å². The highest BCUT2D eigenvalue weighted by Crippen LogP contribution is 2.16. The number of benzene rings is 1. The molecule has 3 rings (SSSR count). The second-order valence-corrected chi connectivity index (χ2v) is 7.24. The fourth-order valence-corrected chi connectivity index (χ4v) is 3.51. The summed E-state index contributed by atoms with van der Waals surface area (Å²) in [5, 5.41) is 11.3. The van der Waals surface area contributed by atoms with Crippen LogP contribution in [0.2, 0.25) is 0 Å². The minimum absolute atomic E-state index is 0.137. The summed E-state index contributed by atoms with van der Waals surface area (Å²) in [5.41, 5.74) is -1.97. The summed E-state index contributed by atoms with van der Waals surface area (Å²) >= 11 is 0. The lowest BCUT2D eigenvalue weighted by Crippen LogP contribution is -2.31. The summed E-state index contributed by atoms with van der Waals surface area (Å²) in [5.74, 6) is -1.45. The highest BCUT2D eigenvalue weighted by molar-refractivity contribution is 7.94. The number of halogens is 1. The molecule has 0 fully saturated rings. The zero-order chi connectivity index (χ0) is 18.2. The minimum atomic E-state index is -3.32. The molecule has 0 unspecified atom stereocenters. The van der Waals surface area contributed by atoms with Crippen molar-refractivity contribution in [1.29, 1.82) is 0 Å². The third-order valence-corrected chi connectivity index (χ3v) is 4.89. The van der Waals surface area contributed by atoms with E-state index in [1.807, 2.05) is 4.98 Å². The Morgan fingerprint density at radius 3 is 2.56 bits per heavy atom. The van der Waals surface area contributed by atoms with Crippen LogP contribution < -0.4 is 11.2 Å². The van der Waals surface area contributed by atoms with Gasteiger partial charge in [0.15, 0.2) is 9.84 Å². The highest BCUT2D eigenvalue weighted by atomic mass is 32.2. The summed E-state index contributed by atoms with van der Waals surface area (Å²) in [6.07, 6.45) is 2.36. The molecule has 0 saturated heterocycles. The van der Waals surface area contributed by atoms with E-state index in [0.29, 0.717) is 0 Å². The first kappa shape index (κ1) is 16.8. The maximum absolute atomic E-state index is 13.0. The number of aromatic nitrogens is 2. The molecule has 0 bridgehead atoms. The molecule has 1 aliphatic heterocycles. The molecule has 2 heterocycles. The predicted molar refractivity (Wildman–Crippen MR) is 88.6 cm³/mol. The second-order valence-electron chi connectivity index (χ2n) is 5.31. The largest absolute Gasteiger partial charge is 0.493 e. The van der Waals surface area contributed by atoms with Crippen LogP contribution in [0.1, 0.15) is 5.56 Å². The lowest BCUT2D eigenvalue weighted by molar-refractivity contribution is 0.430. The first-order valence-corrected chi connectivity index (χ1v) is 8.77. The summed E-state index contributed by atoms with van der Waals surface area (Å²) in [4.78, 5) is 29.8. The molecular weight excluding hydrogens is 353 g/mol. The van der Waals surface area contributed by atoms with Gasteiger partial charge < -0.3 is 5.11 Å². The van der Waals surface area contributed by atoms with E-state index in [2.05, 4.69) is 4.99 Å². The number of sulfone groups is 1. The lowest BCUT2D eigenvalue weighted by atomic mass is 10.2. The SMILES string of the molecule is O=c1[nH]c(=O)n(-c2ccc(F)cc2)c(O)c1C=N[C@@H]1C=CS(=O)(=O)C1. The third-order valence-electron chi connectivity index (χ3n) is 3.51. The summed E-state index contributed by atoms with van der Waals surface area (Å²) in [7, 11) is -3.32. The van der Waals surface area contributed by atoms with Gasteiger partial charge in [-0.2, -0.15) is 0 Å². The Hall–Kier alpha value is -3.01. The Bertz CT molecular complexity index is 1100. The molecule has 8 nitrogen and oxygen atoms in total. The number of nitrogens with one attached hydrogen (secondary N) is 1. The van der Waals surface area contributed by atoms with Crippen molar-refractivity contribution in [1.82, 2.24) is 9.55 Å². The van der Waals surface area contributed by atoms with Crippen molar-refractivity contribution in [2.24, 2.45) is 4.99 Å². The second kappa shape index (κ2) is 6.13. The number of aromatic hydroxyl groups is 1. The topological polar surface area (TPSA) is 122 Å². The van der Waals surface area contributed by atoms with Crippen LogP contribution in [0.25, 0.3) is 5.69 Å². The highest BCUT2D eigenvalue weighted by Gasteiger charge is 2.21. The van der Waals surface area contributed by atoms with Crippen molar-refractivity contribution in [3.8, 4) is 11.6 Å². The lowest BCUT2D eigenvalue weighted by Gasteiger charge is -2.09. The molecule has 0 aliphatic carbocycles. The molecular formula is C15H12FN3O5S. The monoisotopic (exact) mass is 365 g/mol. The Labute approximate surface area is 140 Å². The number of aromatic amines is 1. The zero-order valence-corrected chi connectivity index (χ0v) is 13.4. The van der Waals surface area contributed by atoms with Gasteiger partial charge in [-0.3, -0.25) is 14.8 Å². The molecule has 130 valence electrons. The fraction of sp³-hybridized carbons (Fsp3) is 0.133. The van der Waals surface area contributed by atoms with Crippen LogP contribution in [-0.4, -0.2) is 41.1 Å². The maximum atomic E-state index is 13.0. The van der Waals surface area contributed by atoms with E-state index in [1.165, 1.54) is 18.2 Å².